The number of rotatable bonds is 2. The van der Waals surface area contributed by atoms with Crippen LogP contribution in [0.4, 0.5) is 4.79 Å². The van der Waals surface area contributed by atoms with Crippen LogP contribution in [0.5, 0.6) is 0 Å². The Morgan fingerprint density at radius 1 is 1.13 bits per heavy atom. The van der Waals surface area contributed by atoms with E-state index in [4.69, 9.17) is 0 Å². The second-order valence-corrected chi connectivity index (χ2v) is 4.93. The SMILES string of the molecule is CC1CCC(NC(=O)NC2CC2)C(C)N1. The molecule has 1 saturated carbocycles. The maximum absolute atomic E-state index is 11.5. The van der Waals surface area contributed by atoms with Gasteiger partial charge in [-0.3, -0.25) is 0 Å². The summed E-state index contributed by atoms with van der Waals surface area (Å²) in [6.45, 7) is 4.33. The number of carbonyl (C=O) groups is 1. The molecule has 2 amide bonds. The van der Waals surface area contributed by atoms with Gasteiger partial charge in [-0.2, -0.15) is 0 Å². The summed E-state index contributed by atoms with van der Waals surface area (Å²) in [6, 6.07) is 1.67. The van der Waals surface area contributed by atoms with E-state index in [0.717, 1.165) is 25.7 Å². The fraction of sp³-hybridized carbons (Fsp3) is 0.909. The standard InChI is InChI=1S/C11H21N3O/c1-7-3-6-10(8(2)12-7)14-11(15)13-9-4-5-9/h7-10,12H,3-6H2,1-2H3,(H2,13,14,15). The van der Waals surface area contributed by atoms with Gasteiger partial charge in [-0.1, -0.05) is 0 Å². The van der Waals surface area contributed by atoms with Crippen LogP contribution in [-0.2, 0) is 0 Å². The summed E-state index contributed by atoms with van der Waals surface area (Å²) in [5.41, 5.74) is 0. The first-order valence-electron chi connectivity index (χ1n) is 5.98. The van der Waals surface area contributed by atoms with Gasteiger partial charge in [-0.05, 0) is 39.5 Å². The molecular weight excluding hydrogens is 190 g/mol. The highest BCUT2D eigenvalue weighted by molar-refractivity contribution is 5.75. The van der Waals surface area contributed by atoms with Gasteiger partial charge in [0.15, 0.2) is 0 Å². The summed E-state index contributed by atoms with van der Waals surface area (Å²) in [7, 11) is 0. The van der Waals surface area contributed by atoms with E-state index in [9.17, 15) is 4.79 Å². The van der Waals surface area contributed by atoms with Crippen LogP contribution < -0.4 is 16.0 Å². The Labute approximate surface area is 91.2 Å². The lowest BCUT2D eigenvalue weighted by atomic mass is 9.95. The van der Waals surface area contributed by atoms with Crippen LogP contribution in [0.15, 0.2) is 0 Å². The summed E-state index contributed by atoms with van der Waals surface area (Å²) in [4.78, 5) is 11.5. The van der Waals surface area contributed by atoms with E-state index in [-0.39, 0.29) is 12.1 Å². The fourth-order valence-electron chi connectivity index (χ4n) is 2.15. The van der Waals surface area contributed by atoms with Gasteiger partial charge in [0.25, 0.3) is 0 Å². The molecule has 4 nitrogen and oxygen atoms in total. The maximum Gasteiger partial charge on any atom is 0.315 e. The molecule has 86 valence electrons. The lowest BCUT2D eigenvalue weighted by molar-refractivity contribution is 0.221. The molecule has 0 aromatic carbocycles. The van der Waals surface area contributed by atoms with E-state index in [2.05, 4.69) is 29.8 Å². The van der Waals surface area contributed by atoms with Crippen LogP contribution in [0, 0.1) is 0 Å². The number of hydrogen-bond donors (Lipinski definition) is 3. The molecule has 0 bridgehead atoms. The van der Waals surface area contributed by atoms with Crippen molar-refractivity contribution in [1.82, 2.24) is 16.0 Å². The molecule has 3 unspecified atom stereocenters. The van der Waals surface area contributed by atoms with Gasteiger partial charge >= 0.3 is 6.03 Å². The molecular formula is C11H21N3O. The van der Waals surface area contributed by atoms with Gasteiger partial charge in [0, 0.05) is 24.2 Å². The zero-order valence-electron chi connectivity index (χ0n) is 9.55. The lowest BCUT2D eigenvalue weighted by Crippen LogP contribution is -2.56. The summed E-state index contributed by atoms with van der Waals surface area (Å²) < 4.78 is 0. The average molecular weight is 211 g/mol. The smallest absolute Gasteiger partial charge is 0.315 e. The van der Waals surface area contributed by atoms with E-state index >= 15 is 0 Å². The minimum absolute atomic E-state index is 0.00528. The molecule has 0 aromatic heterocycles. The lowest BCUT2D eigenvalue weighted by Gasteiger charge is -2.34. The Morgan fingerprint density at radius 3 is 2.47 bits per heavy atom. The van der Waals surface area contributed by atoms with Gasteiger partial charge < -0.3 is 16.0 Å². The normalized spacial score (nSPS) is 36.0. The first-order valence-corrected chi connectivity index (χ1v) is 5.98. The van der Waals surface area contributed by atoms with Crippen LogP contribution in [0.25, 0.3) is 0 Å². The van der Waals surface area contributed by atoms with Crippen LogP contribution in [0.2, 0.25) is 0 Å². The van der Waals surface area contributed by atoms with Crippen molar-refractivity contribution in [3.8, 4) is 0 Å². The van der Waals surface area contributed by atoms with Crippen molar-refractivity contribution in [2.24, 2.45) is 0 Å². The number of urea groups is 1. The molecule has 2 aliphatic rings. The average Bonchev–Trinajstić information content (AvgIpc) is 2.94. The highest BCUT2D eigenvalue weighted by atomic mass is 16.2. The predicted octanol–water partition coefficient (Wildman–Crippen LogP) is 0.977. The van der Waals surface area contributed by atoms with Crippen molar-refractivity contribution >= 4 is 6.03 Å². The van der Waals surface area contributed by atoms with Crippen LogP contribution in [0.1, 0.15) is 39.5 Å². The van der Waals surface area contributed by atoms with Gasteiger partial charge in [-0.25, -0.2) is 4.79 Å². The molecule has 1 heterocycles. The molecule has 0 radical (unpaired) electrons. The van der Waals surface area contributed by atoms with Crippen molar-refractivity contribution in [3.05, 3.63) is 0 Å². The molecule has 3 N–H and O–H groups in total. The number of hydrogen-bond acceptors (Lipinski definition) is 2. The van der Waals surface area contributed by atoms with E-state index < -0.39 is 0 Å². The summed E-state index contributed by atoms with van der Waals surface area (Å²) in [5, 5.41) is 9.46. The third-order valence-corrected chi connectivity index (χ3v) is 3.29. The highest BCUT2D eigenvalue weighted by Gasteiger charge is 2.28. The maximum atomic E-state index is 11.5. The Morgan fingerprint density at radius 2 is 1.87 bits per heavy atom. The van der Waals surface area contributed by atoms with Crippen molar-refractivity contribution < 1.29 is 4.79 Å². The molecule has 0 spiro atoms. The zero-order valence-corrected chi connectivity index (χ0v) is 9.55. The van der Waals surface area contributed by atoms with Crippen LogP contribution in [0.3, 0.4) is 0 Å². The third-order valence-electron chi connectivity index (χ3n) is 3.29. The van der Waals surface area contributed by atoms with Crippen molar-refractivity contribution in [2.45, 2.75) is 63.7 Å². The van der Waals surface area contributed by atoms with Gasteiger partial charge in [0.1, 0.15) is 0 Å². The highest BCUT2D eigenvalue weighted by Crippen LogP contribution is 2.18. The van der Waals surface area contributed by atoms with E-state index in [1.54, 1.807) is 0 Å². The van der Waals surface area contributed by atoms with E-state index in [0.29, 0.717) is 18.1 Å². The molecule has 1 saturated heterocycles. The molecule has 15 heavy (non-hydrogen) atoms. The van der Waals surface area contributed by atoms with Crippen molar-refractivity contribution in [3.63, 3.8) is 0 Å². The molecule has 1 aliphatic heterocycles. The Bertz CT molecular complexity index is 240. The van der Waals surface area contributed by atoms with E-state index in [1.165, 1.54) is 0 Å². The number of carbonyl (C=O) groups excluding carboxylic acids is 1. The van der Waals surface area contributed by atoms with Gasteiger partial charge in [0.05, 0.1) is 0 Å². The minimum atomic E-state index is 0.00528. The largest absolute Gasteiger partial charge is 0.335 e. The zero-order chi connectivity index (χ0) is 10.8. The molecule has 0 aromatic rings. The molecule has 4 heteroatoms. The second-order valence-electron chi connectivity index (χ2n) is 4.93. The molecule has 2 rings (SSSR count). The van der Waals surface area contributed by atoms with Crippen LogP contribution in [-0.4, -0.2) is 30.2 Å². The third kappa shape index (κ3) is 3.09. The second kappa shape index (κ2) is 4.39. The quantitative estimate of drug-likeness (QED) is 0.637. The minimum Gasteiger partial charge on any atom is -0.335 e. The summed E-state index contributed by atoms with van der Waals surface area (Å²) in [5.74, 6) is 0. The van der Waals surface area contributed by atoms with Crippen molar-refractivity contribution in [1.29, 1.82) is 0 Å². The van der Waals surface area contributed by atoms with E-state index in [1.807, 2.05) is 0 Å². The first-order chi connectivity index (χ1) is 7.15. The number of nitrogens with one attached hydrogen (secondary N) is 3. The number of amides is 2. The molecule has 1 aliphatic carbocycles. The molecule has 3 atom stereocenters. The fourth-order valence-corrected chi connectivity index (χ4v) is 2.15. The monoisotopic (exact) mass is 211 g/mol. The van der Waals surface area contributed by atoms with Crippen molar-refractivity contribution in [2.75, 3.05) is 0 Å². The van der Waals surface area contributed by atoms with Crippen LogP contribution >= 0.6 is 0 Å². The van der Waals surface area contributed by atoms with Gasteiger partial charge in [0.2, 0.25) is 0 Å². The number of piperidine rings is 1. The topological polar surface area (TPSA) is 53.2 Å². The summed E-state index contributed by atoms with van der Waals surface area (Å²) in [6.07, 6.45) is 4.50. The molecule has 2 fully saturated rings. The van der Waals surface area contributed by atoms with Gasteiger partial charge in [-0.15, -0.1) is 0 Å². The Balaban J connectivity index is 1.75. The first kappa shape index (κ1) is 10.7. The summed E-state index contributed by atoms with van der Waals surface area (Å²) >= 11 is 0. The Kier molecular flexibility index (Phi) is 3.14. The predicted molar refractivity (Wildman–Crippen MR) is 59.8 cm³/mol. The Hall–Kier alpha value is -0.770.